The van der Waals surface area contributed by atoms with E-state index in [4.69, 9.17) is 48.0 Å². The van der Waals surface area contributed by atoms with Crippen molar-refractivity contribution in [3.05, 3.63) is 83.4 Å². The highest BCUT2D eigenvalue weighted by atomic mass is 16.8. The van der Waals surface area contributed by atoms with Crippen molar-refractivity contribution in [2.45, 2.75) is 0 Å². The molecule has 1 aromatic carbocycles. The summed E-state index contributed by atoms with van der Waals surface area (Å²) in [6, 6.07) is 18.7. The van der Waals surface area contributed by atoms with Crippen molar-refractivity contribution >= 4 is 46.1 Å². The topological polar surface area (TPSA) is 188 Å². The number of rotatable bonds is 5. The van der Waals surface area contributed by atoms with Gasteiger partial charge in [0.15, 0.2) is 22.7 Å². The Labute approximate surface area is 215 Å². The maximum Gasteiger partial charge on any atom is 0.207 e. The number of aromatic amines is 1. The molecule has 8 bridgehead atoms. The van der Waals surface area contributed by atoms with Crippen molar-refractivity contribution < 1.29 is 19.5 Å². The number of hydrogen-bond donors (Lipinski definition) is 5. The molecule has 9 N–H and O–H groups in total. The molecular weight excluding hydrogens is 488 g/mol. The normalized spacial score (nSPS) is 12.3. The Morgan fingerprint density at radius 2 is 1.39 bits per heavy atom. The lowest BCUT2D eigenvalue weighted by molar-refractivity contribution is 0.130. The number of benzene rings is 1. The van der Waals surface area contributed by atoms with Crippen LogP contribution in [-0.2, 0) is 4.84 Å². The van der Waals surface area contributed by atoms with Crippen molar-refractivity contribution in [3.8, 4) is 22.6 Å². The first-order chi connectivity index (χ1) is 18.6. The summed E-state index contributed by atoms with van der Waals surface area (Å²) in [6.07, 6.45) is 5.39. The molecular formula is C26H22N8O4. The van der Waals surface area contributed by atoms with Crippen LogP contribution < -0.4 is 38.2 Å². The molecule has 0 radical (unpaired) electrons. The molecule has 0 saturated heterocycles. The summed E-state index contributed by atoms with van der Waals surface area (Å²) in [6.45, 7) is 0. The molecule has 0 saturated carbocycles. The molecule has 38 heavy (non-hydrogen) atoms. The fourth-order valence-corrected chi connectivity index (χ4v) is 4.56. The van der Waals surface area contributed by atoms with E-state index in [0.717, 1.165) is 22.3 Å². The van der Waals surface area contributed by atoms with Crippen LogP contribution in [-0.4, -0.2) is 19.7 Å². The summed E-state index contributed by atoms with van der Waals surface area (Å²) in [4.78, 5) is 33.9. The van der Waals surface area contributed by atoms with E-state index in [0.29, 0.717) is 22.5 Å². The highest BCUT2D eigenvalue weighted by Gasteiger charge is 2.28. The van der Waals surface area contributed by atoms with Gasteiger partial charge in [0.25, 0.3) is 0 Å². The molecule has 0 fully saturated rings. The minimum absolute atomic E-state index is 0.0170. The summed E-state index contributed by atoms with van der Waals surface area (Å²) in [5.41, 5.74) is 5.58. The van der Waals surface area contributed by atoms with Gasteiger partial charge in [-0.1, -0.05) is 30.3 Å². The van der Waals surface area contributed by atoms with Gasteiger partial charge in [-0.25, -0.2) is 9.97 Å². The van der Waals surface area contributed by atoms with Crippen LogP contribution in [0.4, 0.5) is 0 Å². The number of fused-ring (bicyclic) bond motifs is 8. The van der Waals surface area contributed by atoms with Gasteiger partial charge >= 0.3 is 0 Å². The second-order valence-electron chi connectivity index (χ2n) is 8.38. The van der Waals surface area contributed by atoms with Crippen LogP contribution in [0.15, 0.2) is 60.7 Å². The van der Waals surface area contributed by atoms with Crippen LogP contribution in [0.2, 0.25) is 0 Å². The highest BCUT2D eigenvalue weighted by molar-refractivity contribution is 5.98. The van der Waals surface area contributed by atoms with Crippen molar-refractivity contribution in [1.82, 2.24) is 19.7 Å². The Hall–Kier alpha value is -5.14. The Morgan fingerprint density at radius 1 is 0.711 bits per heavy atom. The summed E-state index contributed by atoms with van der Waals surface area (Å²) < 4.78 is 1.27. The second-order valence-corrected chi connectivity index (χ2v) is 8.38. The lowest BCUT2D eigenvalue weighted by Gasteiger charge is -2.08. The quantitative estimate of drug-likeness (QED) is 0.220. The first-order valence-electron chi connectivity index (χ1n) is 11.4. The van der Waals surface area contributed by atoms with E-state index in [2.05, 4.69) is 9.97 Å². The van der Waals surface area contributed by atoms with Gasteiger partial charge in [-0.2, -0.15) is 22.4 Å². The number of hydrogen-bond acceptors (Lipinski definition) is 10. The second kappa shape index (κ2) is 9.38. The summed E-state index contributed by atoms with van der Waals surface area (Å²) >= 11 is 0. The summed E-state index contributed by atoms with van der Waals surface area (Å²) in [5.74, 6) is 23.3. The Balaban J connectivity index is 1.87. The lowest BCUT2D eigenvalue weighted by atomic mass is 10.1. The number of aromatic nitrogens is 4. The molecule has 2 aliphatic heterocycles. The van der Waals surface area contributed by atoms with Crippen LogP contribution >= 0.6 is 0 Å². The third-order valence-electron chi connectivity index (χ3n) is 6.14. The highest BCUT2D eigenvalue weighted by Crippen LogP contribution is 2.45. The molecule has 4 aromatic rings. The Bertz CT molecular complexity index is 1770. The first-order valence-corrected chi connectivity index (χ1v) is 11.4. The summed E-state index contributed by atoms with van der Waals surface area (Å²) in [5, 5.41) is 0. The molecule has 5 heterocycles. The molecule has 0 aliphatic carbocycles. The maximum absolute atomic E-state index is 5.83. The van der Waals surface area contributed by atoms with E-state index < -0.39 is 0 Å². The number of nitrogens with one attached hydrogen (secondary N) is 1. The molecule has 190 valence electrons. The van der Waals surface area contributed by atoms with Gasteiger partial charge in [-0.05, 0) is 48.0 Å². The molecule has 0 atom stereocenters. The van der Waals surface area contributed by atoms with Crippen molar-refractivity contribution in [1.29, 1.82) is 0 Å². The molecule has 2 aliphatic rings. The zero-order valence-corrected chi connectivity index (χ0v) is 19.8. The number of H-pyrrole nitrogens is 1. The fraction of sp³-hybridized carbons (Fsp3) is 0. The molecule has 0 spiro atoms. The lowest BCUT2D eigenvalue weighted by Crippen LogP contribution is -2.19. The van der Waals surface area contributed by atoms with E-state index in [1.165, 1.54) is 4.73 Å². The molecule has 3 aromatic heterocycles. The molecule has 6 rings (SSSR count). The standard InChI is InChI=1S/C26H22N8O4/c27-35-21-13-19-11-17-7-6-15(31-17)10-16-8-9-18(32-16)12-20-22(14-4-2-1-3-5-14)25(36-28)24(34(20)38-30)26(37-29)23(21)33-19/h1-13,31H,27-30H2. The fourth-order valence-electron chi connectivity index (χ4n) is 4.56. The van der Waals surface area contributed by atoms with Gasteiger partial charge in [0, 0.05) is 17.1 Å². The van der Waals surface area contributed by atoms with Gasteiger partial charge < -0.3 is 24.4 Å². The maximum atomic E-state index is 5.83. The number of nitrogens with two attached hydrogens (primary N) is 4. The molecule has 12 nitrogen and oxygen atoms in total. The van der Waals surface area contributed by atoms with Gasteiger partial charge in [-0.15, -0.1) is 5.90 Å². The average molecular weight is 511 g/mol. The van der Waals surface area contributed by atoms with E-state index in [1.807, 2.05) is 60.7 Å². The van der Waals surface area contributed by atoms with Crippen LogP contribution in [0.25, 0.3) is 57.2 Å². The van der Waals surface area contributed by atoms with Gasteiger partial charge in [-0.3, -0.25) is 0 Å². The van der Waals surface area contributed by atoms with Crippen LogP contribution in [0.5, 0.6) is 11.5 Å². The van der Waals surface area contributed by atoms with E-state index >= 15 is 0 Å². The van der Waals surface area contributed by atoms with Crippen LogP contribution in [0.3, 0.4) is 0 Å². The predicted molar refractivity (Wildman–Crippen MR) is 143 cm³/mol. The third-order valence-corrected chi connectivity index (χ3v) is 6.14. The van der Waals surface area contributed by atoms with Crippen molar-refractivity contribution in [3.63, 3.8) is 0 Å². The molecule has 0 amide bonds. The van der Waals surface area contributed by atoms with Crippen molar-refractivity contribution in [2.75, 3.05) is 0 Å². The predicted octanol–water partition coefficient (Wildman–Crippen LogP) is 2.82. The van der Waals surface area contributed by atoms with Crippen molar-refractivity contribution in [2.24, 2.45) is 23.6 Å². The zero-order chi connectivity index (χ0) is 26.2. The zero-order valence-electron chi connectivity index (χ0n) is 19.8. The van der Waals surface area contributed by atoms with E-state index in [9.17, 15) is 0 Å². The first kappa shape index (κ1) is 23.3. The van der Waals surface area contributed by atoms with Gasteiger partial charge in [0.1, 0.15) is 0 Å². The largest absolute Gasteiger partial charge is 0.409 e. The van der Waals surface area contributed by atoms with Crippen LogP contribution in [0, 0.1) is 0 Å². The van der Waals surface area contributed by atoms with Gasteiger partial charge in [0.2, 0.25) is 5.75 Å². The third kappa shape index (κ3) is 3.82. The van der Waals surface area contributed by atoms with Crippen LogP contribution in [0.1, 0.15) is 22.8 Å². The Morgan fingerprint density at radius 3 is 2.05 bits per heavy atom. The molecule has 12 heteroatoms. The Kier molecular flexibility index (Phi) is 5.75. The monoisotopic (exact) mass is 510 g/mol. The average Bonchev–Trinajstić information content (AvgIpc) is 3.72. The minimum Gasteiger partial charge on any atom is -0.409 e. The van der Waals surface area contributed by atoms with E-state index in [-0.39, 0.29) is 28.5 Å². The SMILES string of the molecule is NOC1=Cc2cc3ccc(cc4nc(cc5c(-c6ccccc6)c(ON)c(c(ON)c1n2)n5ON)C=C4)[nH]3. The van der Waals surface area contributed by atoms with Gasteiger partial charge in [0.05, 0.1) is 28.2 Å². The van der Waals surface area contributed by atoms with E-state index in [1.54, 1.807) is 18.2 Å². The smallest absolute Gasteiger partial charge is 0.207 e. The summed E-state index contributed by atoms with van der Waals surface area (Å²) in [7, 11) is 0. The molecule has 0 unspecified atom stereocenters. The minimum atomic E-state index is -0.0170. The number of nitrogens with zero attached hydrogens (tertiary/aromatic N) is 3.